The van der Waals surface area contributed by atoms with Crippen LogP contribution in [-0.2, 0) is 9.59 Å². The third-order valence-electron chi connectivity index (χ3n) is 4.49. The molecule has 3 atom stereocenters. The van der Waals surface area contributed by atoms with Gasteiger partial charge < -0.3 is 15.6 Å². The van der Waals surface area contributed by atoms with Gasteiger partial charge in [-0.3, -0.25) is 0 Å². The number of aldehydes is 1. The van der Waals surface area contributed by atoms with E-state index in [4.69, 9.17) is 5.73 Å². The summed E-state index contributed by atoms with van der Waals surface area (Å²) < 4.78 is 0. The van der Waals surface area contributed by atoms with Gasteiger partial charge in [0, 0.05) is 5.92 Å². The lowest BCUT2D eigenvalue weighted by Gasteiger charge is -2.34. The molecule has 110 valence electrons. The fourth-order valence-corrected chi connectivity index (χ4v) is 4.22. The molecule has 0 aliphatic heterocycles. The van der Waals surface area contributed by atoms with Crippen molar-refractivity contribution in [2.75, 3.05) is 12.0 Å². The van der Waals surface area contributed by atoms with Gasteiger partial charge in [0.25, 0.3) is 0 Å². The predicted octanol–water partition coefficient (Wildman–Crippen LogP) is 2.00. The molecule has 3 N–H and O–H groups in total. The van der Waals surface area contributed by atoms with Crippen LogP contribution in [0.2, 0.25) is 0 Å². The molecule has 0 fully saturated rings. The molecule has 4 nitrogen and oxygen atoms in total. The lowest BCUT2D eigenvalue weighted by atomic mass is 9.74. The van der Waals surface area contributed by atoms with Gasteiger partial charge >= 0.3 is 5.97 Å². The Kier molecular flexibility index (Phi) is 4.70. The van der Waals surface area contributed by atoms with E-state index in [0.717, 1.165) is 25.7 Å². The van der Waals surface area contributed by atoms with Gasteiger partial charge in [0.15, 0.2) is 11.8 Å². The van der Waals surface area contributed by atoms with Crippen LogP contribution in [0.15, 0.2) is 23.3 Å². The number of nitrogens with two attached hydrogens (primary N) is 1. The van der Waals surface area contributed by atoms with E-state index in [0.29, 0.717) is 12.0 Å². The third-order valence-corrected chi connectivity index (χ3v) is 5.18. The number of hydrogen-bond acceptors (Lipinski definition) is 4. The lowest BCUT2D eigenvalue weighted by Crippen LogP contribution is -2.58. The first-order valence-corrected chi connectivity index (χ1v) is 8.30. The maximum absolute atomic E-state index is 11.5. The molecule has 0 amide bonds. The SMILES string of the molecule is CSCC(C1CCC2=C1C=CCC2)C(N)(C=O)C(=O)O. The summed E-state index contributed by atoms with van der Waals surface area (Å²) in [6.45, 7) is 0. The van der Waals surface area contributed by atoms with Crippen molar-refractivity contribution in [1.29, 1.82) is 0 Å². The Labute approximate surface area is 123 Å². The van der Waals surface area contributed by atoms with Gasteiger partial charge in [-0.2, -0.15) is 11.8 Å². The maximum atomic E-state index is 11.5. The van der Waals surface area contributed by atoms with Crippen molar-refractivity contribution in [1.82, 2.24) is 0 Å². The van der Waals surface area contributed by atoms with E-state index in [2.05, 4.69) is 12.2 Å². The van der Waals surface area contributed by atoms with E-state index in [1.807, 2.05) is 6.26 Å². The average molecular weight is 295 g/mol. The fourth-order valence-electron chi connectivity index (χ4n) is 3.35. The number of hydrogen-bond donors (Lipinski definition) is 2. The number of rotatable bonds is 6. The molecule has 0 saturated heterocycles. The summed E-state index contributed by atoms with van der Waals surface area (Å²) in [5, 5.41) is 9.39. The van der Waals surface area contributed by atoms with Crippen LogP contribution < -0.4 is 5.73 Å². The van der Waals surface area contributed by atoms with E-state index in [1.54, 1.807) is 11.8 Å². The Balaban J connectivity index is 2.34. The molecular weight excluding hydrogens is 274 g/mol. The largest absolute Gasteiger partial charge is 0.480 e. The van der Waals surface area contributed by atoms with Crippen molar-refractivity contribution in [2.45, 2.75) is 31.2 Å². The molecule has 0 spiro atoms. The minimum absolute atomic E-state index is 0.0836. The number of thioether (sulfide) groups is 1. The zero-order valence-corrected chi connectivity index (χ0v) is 12.5. The number of allylic oxidation sites excluding steroid dienone is 4. The zero-order valence-electron chi connectivity index (χ0n) is 11.7. The first-order valence-electron chi connectivity index (χ1n) is 6.90. The molecule has 2 aliphatic carbocycles. The van der Waals surface area contributed by atoms with Gasteiger partial charge in [-0.25, -0.2) is 4.79 Å². The number of carbonyl (C=O) groups is 2. The molecule has 20 heavy (non-hydrogen) atoms. The zero-order chi connectivity index (χ0) is 14.8. The van der Waals surface area contributed by atoms with Crippen molar-refractivity contribution < 1.29 is 14.7 Å². The minimum Gasteiger partial charge on any atom is -0.480 e. The van der Waals surface area contributed by atoms with Crippen molar-refractivity contribution in [3.05, 3.63) is 23.3 Å². The smallest absolute Gasteiger partial charge is 0.331 e. The van der Waals surface area contributed by atoms with Crippen LogP contribution in [0.5, 0.6) is 0 Å². The molecule has 0 saturated carbocycles. The van der Waals surface area contributed by atoms with E-state index in [-0.39, 0.29) is 11.8 Å². The Morgan fingerprint density at radius 1 is 1.65 bits per heavy atom. The second-order valence-corrected chi connectivity index (χ2v) is 6.47. The maximum Gasteiger partial charge on any atom is 0.331 e. The van der Waals surface area contributed by atoms with Crippen LogP contribution >= 0.6 is 11.8 Å². The molecule has 0 radical (unpaired) electrons. The number of carboxylic acid groups (broad SMARTS) is 1. The number of carboxylic acids is 1. The highest BCUT2D eigenvalue weighted by molar-refractivity contribution is 7.98. The second kappa shape index (κ2) is 6.14. The minimum atomic E-state index is -1.79. The summed E-state index contributed by atoms with van der Waals surface area (Å²) in [5.74, 6) is -0.917. The van der Waals surface area contributed by atoms with Gasteiger partial charge in [0.05, 0.1) is 0 Å². The lowest BCUT2D eigenvalue weighted by molar-refractivity contribution is -0.148. The van der Waals surface area contributed by atoms with Gasteiger partial charge in [-0.15, -0.1) is 0 Å². The van der Waals surface area contributed by atoms with Gasteiger partial charge in [0.2, 0.25) is 0 Å². The van der Waals surface area contributed by atoms with E-state index < -0.39 is 11.5 Å². The standard InChI is InChI=1S/C15H21NO3S/c1-20-8-13(15(16,9-17)14(18)19)12-7-6-10-4-2-3-5-11(10)12/h3,5,9,12-13H,2,4,6-8,16H2,1H3,(H,18,19). The van der Waals surface area contributed by atoms with Crippen LogP contribution in [0.1, 0.15) is 25.7 Å². The predicted molar refractivity (Wildman–Crippen MR) is 80.6 cm³/mol. The highest BCUT2D eigenvalue weighted by Crippen LogP contribution is 2.44. The van der Waals surface area contributed by atoms with Crippen LogP contribution in [0.25, 0.3) is 0 Å². The van der Waals surface area contributed by atoms with Gasteiger partial charge in [-0.05, 0) is 49.2 Å². The first kappa shape index (κ1) is 15.3. The topological polar surface area (TPSA) is 80.4 Å². The second-order valence-electron chi connectivity index (χ2n) is 5.56. The molecule has 3 unspecified atom stereocenters. The molecule has 0 heterocycles. The van der Waals surface area contributed by atoms with Crippen LogP contribution in [0.4, 0.5) is 0 Å². The highest BCUT2D eigenvalue weighted by atomic mass is 32.2. The van der Waals surface area contributed by atoms with Gasteiger partial charge in [0.1, 0.15) is 0 Å². The first-order chi connectivity index (χ1) is 9.54. The monoisotopic (exact) mass is 295 g/mol. The average Bonchev–Trinajstić information content (AvgIpc) is 2.87. The van der Waals surface area contributed by atoms with Crippen molar-refractivity contribution in [2.24, 2.45) is 17.6 Å². The molecule has 2 rings (SSSR count). The molecule has 0 aromatic heterocycles. The molecule has 0 aromatic rings. The molecule has 5 heteroatoms. The quantitative estimate of drug-likeness (QED) is 0.578. The normalized spacial score (nSPS) is 26.0. The van der Waals surface area contributed by atoms with Crippen LogP contribution in [-0.4, -0.2) is 34.9 Å². The summed E-state index contributed by atoms with van der Waals surface area (Å²) in [5.41, 5.74) is 6.80. The number of aliphatic carboxylic acids is 1. The van der Waals surface area contributed by atoms with E-state index in [1.165, 1.54) is 11.1 Å². The summed E-state index contributed by atoms with van der Waals surface area (Å²) >= 11 is 1.55. The van der Waals surface area contributed by atoms with Crippen molar-refractivity contribution in [3.8, 4) is 0 Å². The van der Waals surface area contributed by atoms with Gasteiger partial charge in [-0.1, -0.05) is 17.7 Å². The summed E-state index contributed by atoms with van der Waals surface area (Å²) in [6, 6.07) is 0. The number of carbonyl (C=O) groups excluding carboxylic acids is 1. The van der Waals surface area contributed by atoms with Crippen molar-refractivity contribution >= 4 is 24.0 Å². The van der Waals surface area contributed by atoms with E-state index in [9.17, 15) is 14.7 Å². The van der Waals surface area contributed by atoms with Crippen LogP contribution in [0, 0.1) is 11.8 Å². The summed E-state index contributed by atoms with van der Waals surface area (Å²) in [7, 11) is 0. The Morgan fingerprint density at radius 2 is 2.40 bits per heavy atom. The Morgan fingerprint density at radius 3 is 3.00 bits per heavy atom. The highest BCUT2D eigenvalue weighted by Gasteiger charge is 2.48. The molecule has 0 bridgehead atoms. The fraction of sp³-hybridized carbons (Fsp3) is 0.600. The molecule has 2 aliphatic rings. The summed E-state index contributed by atoms with van der Waals surface area (Å²) in [4.78, 5) is 22.8. The molecule has 0 aromatic carbocycles. The van der Waals surface area contributed by atoms with Crippen LogP contribution in [0.3, 0.4) is 0 Å². The summed E-state index contributed by atoms with van der Waals surface area (Å²) in [6.07, 6.45) is 10.6. The Hall–Kier alpha value is -1.07. The van der Waals surface area contributed by atoms with E-state index >= 15 is 0 Å². The third kappa shape index (κ3) is 2.56. The molecular formula is C15H21NO3S. The van der Waals surface area contributed by atoms with Crippen molar-refractivity contribution in [3.63, 3.8) is 0 Å². The Bertz CT molecular complexity index is 472.